The van der Waals surface area contributed by atoms with Gasteiger partial charge >= 0.3 is 0 Å². The van der Waals surface area contributed by atoms with E-state index < -0.39 is 0 Å². The smallest absolute Gasteiger partial charge is 0.132 e. The zero-order chi connectivity index (χ0) is 13.5. The Hall–Kier alpha value is -1.36. The van der Waals surface area contributed by atoms with Crippen LogP contribution in [0.1, 0.15) is 26.6 Å². The Morgan fingerprint density at radius 3 is 2.50 bits per heavy atom. The maximum atomic E-state index is 5.49. The summed E-state index contributed by atoms with van der Waals surface area (Å²) in [7, 11) is 1.85. The summed E-state index contributed by atoms with van der Waals surface area (Å²) in [6, 6.07) is 2.16. The molecular weight excluding hydrogens is 228 g/mol. The van der Waals surface area contributed by atoms with Crippen molar-refractivity contribution in [2.75, 3.05) is 30.9 Å². The number of nitrogens with one attached hydrogen (secondary N) is 2. The maximum absolute atomic E-state index is 5.49. The molecule has 0 aliphatic rings. The third kappa shape index (κ3) is 4.49. The minimum absolute atomic E-state index is 0.254. The Bertz CT molecular complexity index is 368. The standard InChI is InChI=1S/C13H24N4O/c1-6-18-8-11(9(2)3)17-13-7-12(14-5)15-10(4)16-13/h7,9,11H,6,8H2,1-5H3,(H2,14,15,16,17). The molecule has 0 aromatic carbocycles. The molecule has 1 aromatic heterocycles. The number of anilines is 2. The molecule has 0 aliphatic carbocycles. The van der Waals surface area contributed by atoms with Gasteiger partial charge in [-0.15, -0.1) is 0 Å². The van der Waals surface area contributed by atoms with Gasteiger partial charge in [-0.2, -0.15) is 0 Å². The predicted molar refractivity (Wildman–Crippen MR) is 75.1 cm³/mol. The van der Waals surface area contributed by atoms with Crippen LogP contribution in [-0.2, 0) is 4.74 Å². The first kappa shape index (κ1) is 14.7. The van der Waals surface area contributed by atoms with E-state index in [1.165, 1.54) is 0 Å². The Morgan fingerprint density at radius 1 is 1.28 bits per heavy atom. The van der Waals surface area contributed by atoms with E-state index in [0.717, 1.165) is 24.1 Å². The van der Waals surface area contributed by atoms with Crippen LogP contribution in [0.3, 0.4) is 0 Å². The maximum Gasteiger partial charge on any atom is 0.132 e. The molecule has 1 rings (SSSR count). The first-order valence-corrected chi connectivity index (χ1v) is 6.44. The lowest BCUT2D eigenvalue weighted by Gasteiger charge is -2.23. The fourth-order valence-electron chi connectivity index (χ4n) is 1.61. The van der Waals surface area contributed by atoms with Gasteiger partial charge in [0.2, 0.25) is 0 Å². The van der Waals surface area contributed by atoms with Crippen molar-refractivity contribution in [3.05, 3.63) is 11.9 Å². The van der Waals surface area contributed by atoms with Gasteiger partial charge < -0.3 is 15.4 Å². The van der Waals surface area contributed by atoms with Crippen molar-refractivity contribution in [1.29, 1.82) is 0 Å². The molecule has 0 radical (unpaired) electrons. The fourth-order valence-corrected chi connectivity index (χ4v) is 1.61. The SMILES string of the molecule is CCOCC(Nc1cc(NC)nc(C)n1)C(C)C. The minimum Gasteiger partial charge on any atom is -0.380 e. The summed E-state index contributed by atoms with van der Waals surface area (Å²) in [5.41, 5.74) is 0. The number of hydrogen-bond donors (Lipinski definition) is 2. The lowest BCUT2D eigenvalue weighted by atomic mass is 10.1. The van der Waals surface area contributed by atoms with Gasteiger partial charge in [0, 0.05) is 19.7 Å². The first-order valence-electron chi connectivity index (χ1n) is 6.44. The Labute approximate surface area is 109 Å². The number of nitrogens with zero attached hydrogens (tertiary/aromatic N) is 2. The van der Waals surface area contributed by atoms with Crippen LogP contribution < -0.4 is 10.6 Å². The van der Waals surface area contributed by atoms with E-state index in [-0.39, 0.29) is 6.04 Å². The molecular formula is C13H24N4O. The molecule has 1 unspecified atom stereocenters. The van der Waals surface area contributed by atoms with Crippen LogP contribution in [0, 0.1) is 12.8 Å². The van der Waals surface area contributed by atoms with Crippen molar-refractivity contribution >= 4 is 11.6 Å². The molecule has 0 amide bonds. The number of aromatic nitrogens is 2. The molecule has 0 fully saturated rings. The summed E-state index contributed by atoms with van der Waals surface area (Å²) in [5, 5.41) is 6.44. The van der Waals surface area contributed by atoms with Crippen LogP contribution in [-0.4, -0.2) is 36.3 Å². The van der Waals surface area contributed by atoms with Crippen molar-refractivity contribution in [1.82, 2.24) is 9.97 Å². The van der Waals surface area contributed by atoms with E-state index in [1.807, 2.05) is 27.0 Å². The number of rotatable bonds is 7. The molecule has 1 atom stereocenters. The second kappa shape index (κ2) is 7.16. The summed E-state index contributed by atoms with van der Waals surface area (Å²) in [4.78, 5) is 8.67. The normalized spacial score (nSPS) is 12.6. The van der Waals surface area contributed by atoms with Gasteiger partial charge in [-0.3, -0.25) is 0 Å². The van der Waals surface area contributed by atoms with Crippen molar-refractivity contribution in [2.24, 2.45) is 5.92 Å². The average molecular weight is 252 g/mol. The third-order valence-corrected chi connectivity index (χ3v) is 2.73. The van der Waals surface area contributed by atoms with Crippen LogP contribution >= 0.6 is 0 Å². The van der Waals surface area contributed by atoms with Gasteiger partial charge in [-0.1, -0.05) is 13.8 Å². The zero-order valence-corrected chi connectivity index (χ0v) is 11.9. The fraction of sp³-hybridized carbons (Fsp3) is 0.692. The molecule has 0 aliphatic heterocycles. The molecule has 18 heavy (non-hydrogen) atoms. The van der Waals surface area contributed by atoms with E-state index in [4.69, 9.17) is 4.74 Å². The van der Waals surface area contributed by atoms with Gasteiger partial charge in [0.15, 0.2) is 0 Å². The summed E-state index contributed by atoms with van der Waals surface area (Å²) >= 11 is 0. The van der Waals surface area contributed by atoms with E-state index in [0.29, 0.717) is 12.5 Å². The largest absolute Gasteiger partial charge is 0.380 e. The molecule has 0 saturated heterocycles. The molecule has 102 valence electrons. The highest BCUT2D eigenvalue weighted by Crippen LogP contribution is 2.14. The predicted octanol–water partition coefficient (Wildman–Crippen LogP) is 2.30. The van der Waals surface area contributed by atoms with Gasteiger partial charge in [0.1, 0.15) is 17.5 Å². The quantitative estimate of drug-likeness (QED) is 0.779. The lowest BCUT2D eigenvalue weighted by Crippen LogP contribution is -2.31. The minimum atomic E-state index is 0.254. The topological polar surface area (TPSA) is 59.1 Å². The van der Waals surface area contributed by atoms with E-state index >= 15 is 0 Å². The van der Waals surface area contributed by atoms with Crippen LogP contribution in [0.4, 0.5) is 11.6 Å². The van der Waals surface area contributed by atoms with Crippen LogP contribution in [0.2, 0.25) is 0 Å². The van der Waals surface area contributed by atoms with Gasteiger partial charge in [-0.25, -0.2) is 9.97 Å². The van der Waals surface area contributed by atoms with Crippen molar-refractivity contribution in [3.8, 4) is 0 Å². The summed E-state index contributed by atoms with van der Waals surface area (Å²) in [6.45, 7) is 9.65. The highest BCUT2D eigenvalue weighted by Gasteiger charge is 2.14. The molecule has 5 nitrogen and oxygen atoms in total. The molecule has 0 spiro atoms. The van der Waals surface area contributed by atoms with Gasteiger partial charge in [0.25, 0.3) is 0 Å². The van der Waals surface area contributed by atoms with Gasteiger partial charge in [0.05, 0.1) is 12.6 Å². The molecule has 0 bridgehead atoms. The highest BCUT2D eigenvalue weighted by molar-refractivity contribution is 5.47. The first-order chi connectivity index (χ1) is 8.56. The molecule has 1 aromatic rings. The Balaban J connectivity index is 2.76. The monoisotopic (exact) mass is 252 g/mol. The second-order valence-electron chi connectivity index (χ2n) is 4.59. The highest BCUT2D eigenvalue weighted by atomic mass is 16.5. The lowest BCUT2D eigenvalue weighted by molar-refractivity contribution is 0.126. The third-order valence-electron chi connectivity index (χ3n) is 2.73. The van der Waals surface area contributed by atoms with E-state index in [9.17, 15) is 0 Å². The molecule has 0 saturated carbocycles. The Kier molecular flexibility index (Phi) is 5.85. The van der Waals surface area contributed by atoms with Crippen molar-refractivity contribution < 1.29 is 4.74 Å². The van der Waals surface area contributed by atoms with Crippen molar-refractivity contribution in [2.45, 2.75) is 33.7 Å². The van der Waals surface area contributed by atoms with Crippen LogP contribution in [0.25, 0.3) is 0 Å². The number of ether oxygens (including phenoxy) is 1. The molecule has 2 N–H and O–H groups in total. The van der Waals surface area contributed by atoms with Crippen LogP contribution in [0.5, 0.6) is 0 Å². The molecule has 1 heterocycles. The summed E-state index contributed by atoms with van der Waals surface area (Å²) < 4.78 is 5.49. The average Bonchev–Trinajstić information content (AvgIpc) is 2.33. The summed E-state index contributed by atoms with van der Waals surface area (Å²) in [6.07, 6.45) is 0. The van der Waals surface area contributed by atoms with Crippen molar-refractivity contribution in [3.63, 3.8) is 0 Å². The zero-order valence-electron chi connectivity index (χ0n) is 11.9. The Morgan fingerprint density at radius 2 is 1.94 bits per heavy atom. The summed E-state index contributed by atoms with van der Waals surface area (Å²) in [5.74, 6) is 2.89. The van der Waals surface area contributed by atoms with E-state index in [2.05, 4.69) is 34.4 Å². The van der Waals surface area contributed by atoms with Crippen LogP contribution in [0.15, 0.2) is 6.07 Å². The number of aryl methyl sites for hydroxylation is 1. The van der Waals surface area contributed by atoms with Gasteiger partial charge in [-0.05, 0) is 19.8 Å². The van der Waals surface area contributed by atoms with E-state index in [1.54, 1.807) is 0 Å². The molecule has 5 heteroatoms. The second-order valence-corrected chi connectivity index (χ2v) is 4.59. The number of hydrogen-bond acceptors (Lipinski definition) is 5.